The quantitative estimate of drug-likeness (QED) is 0.864. The summed E-state index contributed by atoms with van der Waals surface area (Å²) in [6.07, 6.45) is 6.86. The molecule has 0 aromatic carbocycles. The number of nitrogens with one attached hydrogen (secondary N) is 2. The lowest BCUT2D eigenvalue weighted by Gasteiger charge is -2.33. The van der Waals surface area contributed by atoms with E-state index in [9.17, 15) is 4.79 Å². The van der Waals surface area contributed by atoms with Gasteiger partial charge in [-0.2, -0.15) is 0 Å². The standard InChI is InChI=1S/C15H24N4O/c1-3-6-17-14-9-15(11-16-10-14)19-7-4-13(5-8-19)18-12(2)20/h9-11,13,17H,3-8H2,1-2H3,(H,18,20). The predicted molar refractivity (Wildman–Crippen MR) is 82.1 cm³/mol. The van der Waals surface area contributed by atoms with E-state index in [2.05, 4.69) is 33.5 Å². The summed E-state index contributed by atoms with van der Waals surface area (Å²) in [5.74, 6) is 0.0656. The zero-order valence-electron chi connectivity index (χ0n) is 12.4. The molecule has 2 N–H and O–H groups in total. The second-order valence-electron chi connectivity index (χ2n) is 5.32. The van der Waals surface area contributed by atoms with Crippen molar-refractivity contribution >= 4 is 17.3 Å². The molecule has 20 heavy (non-hydrogen) atoms. The number of carbonyl (C=O) groups excluding carboxylic acids is 1. The Labute approximate surface area is 120 Å². The number of nitrogens with zero attached hydrogens (tertiary/aromatic N) is 2. The van der Waals surface area contributed by atoms with E-state index in [1.54, 1.807) is 6.92 Å². The molecule has 1 saturated heterocycles. The number of aromatic nitrogens is 1. The smallest absolute Gasteiger partial charge is 0.217 e. The van der Waals surface area contributed by atoms with E-state index in [1.807, 2.05) is 12.4 Å². The number of rotatable bonds is 5. The van der Waals surface area contributed by atoms with E-state index >= 15 is 0 Å². The Morgan fingerprint density at radius 3 is 2.80 bits per heavy atom. The van der Waals surface area contributed by atoms with E-state index in [4.69, 9.17) is 0 Å². The van der Waals surface area contributed by atoms with Crippen LogP contribution in [0.25, 0.3) is 0 Å². The lowest BCUT2D eigenvalue weighted by Crippen LogP contribution is -2.44. The molecule has 1 amide bonds. The maximum absolute atomic E-state index is 11.1. The first-order valence-electron chi connectivity index (χ1n) is 7.40. The third-order valence-corrected chi connectivity index (χ3v) is 3.57. The molecule has 0 bridgehead atoms. The van der Waals surface area contributed by atoms with Crippen LogP contribution in [0.15, 0.2) is 18.5 Å². The largest absolute Gasteiger partial charge is 0.384 e. The second-order valence-corrected chi connectivity index (χ2v) is 5.32. The van der Waals surface area contributed by atoms with Gasteiger partial charge in [0, 0.05) is 32.6 Å². The van der Waals surface area contributed by atoms with Crippen molar-refractivity contribution in [3.8, 4) is 0 Å². The fourth-order valence-corrected chi connectivity index (χ4v) is 2.54. The van der Waals surface area contributed by atoms with Crippen LogP contribution < -0.4 is 15.5 Å². The highest BCUT2D eigenvalue weighted by molar-refractivity contribution is 5.73. The summed E-state index contributed by atoms with van der Waals surface area (Å²) >= 11 is 0. The summed E-state index contributed by atoms with van der Waals surface area (Å²) in [7, 11) is 0. The van der Waals surface area contributed by atoms with Gasteiger partial charge in [0.15, 0.2) is 0 Å². The van der Waals surface area contributed by atoms with Crippen LogP contribution in [-0.2, 0) is 4.79 Å². The van der Waals surface area contributed by atoms with E-state index < -0.39 is 0 Å². The van der Waals surface area contributed by atoms with E-state index in [0.717, 1.165) is 50.3 Å². The van der Waals surface area contributed by atoms with Crippen LogP contribution in [0, 0.1) is 0 Å². The molecule has 5 nitrogen and oxygen atoms in total. The summed E-state index contributed by atoms with van der Waals surface area (Å²) in [5.41, 5.74) is 2.24. The summed E-state index contributed by atoms with van der Waals surface area (Å²) in [6, 6.07) is 2.47. The summed E-state index contributed by atoms with van der Waals surface area (Å²) in [4.78, 5) is 17.7. The molecule has 0 spiro atoms. The Kier molecular flexibility index (Phi) is 5.21. The van der Waals surface area contributed by atoms with Crippen molar-refractivity contribution in [2.75, 3.05) is 29.9 Å². The van der Waals surface area contributed by atoms with Crippen molar-refractivity contribution in [2.24, 2.45) is 0 Å². The van der Waals surface area contributed by atoms with Crippen molar-refractivity contribution in [1.82, 2.24) is 10.3 Å². The average Bonchev–Trinajstić information content (AvgIpc) is 2.45. The number of hydrogen-bond donors (Lipinski definition) is 2. The van der Waals surface area contributed by atoms with Crippen molar-refractivity contribution in [2.45, 2.75) is 39.2 Å². The molecule has 1 aliphatic heterocycles. The van der Waals surface area contributed by atoms with E-state index in [-0.39, 0.29) is 5.91 Å². The van der Waals surface area contributed by atoms with Crippen LogP contribution >= 0.6 is 0 Å². The zero-order valence-corrected chi connectivity index (χ0v) is 12.4. The van der Waals surface area contributed by atoms with Crippen molar-refractivity contribution in [3.63, 3.8) is 0 Å². The van der Waals surface area contributed by atoms with Crippen LogP contribution in [0.2, 0.25) is 0 Å². The topological polar surface area (TPSA) is 57.3 Å². The molecule has 1 fully saturated rings. The maximum Gasteiger partial charge on any atom is 0.217 e. The Balaban J connectivity index is 1.91. The number of hydrogen-bond acceptors (Lipinski definition) is 4. The van der Waals surface area contributed by atoms with Crippen molar-refractivity contribution in [1.29, 1.82) is 0 Å². The van der Waals surface area contributed by atoms with Gasteiger partial charge in [0.25, 0.3) is 0 Å². The Morgan fingerprint density at radius 2 is 2.15 bits per heavy atom. The number of pyridine rings is 1. The van der Waals surface area contributed by atoms with Crippen LogP contribution in [0.1, 0.15) is 33.1 Å². The van der Waals surface area contributed by atoms with Gasteiger partial charge in [-0.05, 0) is 25.3 Å². The predicted octanol–water partition coefficient (Wildman–Crippen LogP) is 2.01. The zero-order chi connectivity index (χ0) is 14.4. The van der Waals surface area contributed by atoms with Crippen LogP contribution in [0.3, 0.4) is 0 Å². The number of piperidine rings is 1. The normalized spacial score (nSPS) is 16.0. The first-order chi connectivity index (χ1) is 9.69. The van der Waals surface area contributed by atoms with Crippen LogP contribution in [0.5, 0.6) is 0 Å². The van der Waals surface area contributed by atoms with Crippen molar-refractivity contribution < 1.29 is 4.79 Å². The molecule has 1 aromatic rings. The number of amides is 1. The molecular formula is C15H24N4O. The van der Waals surface area contributed by atoms with Gasteiger partial charge in [-0.3, -0.25) is 9.78 Å². The van der Waals surface area contributed by atoms with Crippen molar-refractivity contribution in [3.05, 3.63) is 18.5 Å². The van der Waals surface area contributed by atoms with Gasteiger partial charge in [-0.1, -0.05) is 6.92 Å². The van der Waals surface area contributed by atoms with Gasteiger partial charge in [0.2, 0.25) is 5.91 Å². The van der Waals surface area contributed by atoms with Gasteiger partial charge in [-0.15, -0.1) is 0 Å². The molecule has 2 heterocycles. The molecule has 0 unspecified atom stereocenters. The minimum Gasteiger partial charge on any atom is -0.384 e. The fourth-order valence-electron chi connectivity index (χ4n) is 2.54. The average molecular weight is 276 g/mol. The Morgan fingerprint density at radius 1 is 1.40 bits per heavy atom. The monoisotopic (exact) mass is 276 g/mol. The Bertz CT molecular complexity index is 441. The molecular weight excluding hydrogens is 252 g/mol. The maximum atomic E-state index is 11.1. The van der Waals surface area contributed by atoms with Gasteiger partial charge < -0.3 is 15.5 Å². The first kappa shape index (κ1) is 14.6. The van der Waals surface area contributed by atoms with E-state index in [1.165, 1.54) is 0 Å². The second kappa shape index (κ2) is 7.12. The van der Waals surface area contributed by atoms with Gasteiger partial charge >= 0.3 is 0 Å². The van der Waals surface area contributed by atoms with Gasteiger partial charge in [0.1, 0.15) is 0 Å². The minimum atomic E-state index is 0.0656. The molecule has 0 atom stereocenters. The SMILES string of the molecule is CCCNc1cncc(N2CCC(NC(C)=O)CC2)c1. The van der Waals surface area contributed by atoms with Gasteiger partial charge in [-0.25, -0.2) is 0 Å². The minimum absolute atomic E-state index is 0.0656. The van der Waals surface area contributed by atoms with Crippen LogP contribution in [0.4, 0.5) is 11.4 Å². The molecule has 1 aromatic heterocycles. The highest BCUT2D eigenvalue weighted by Gasteiger charge is 2.20. The number of anilines is 2. The summed E-state index contributed by atoms with van der Waals surface area (Å²) in [6.45, 7) is 6.62. The summed E-state index contributed by atoms with van der Waals surface area (Å²) < 4.78 is 0. The lowest BCUT2D eigenvalue weighted by atomic mass is 10.0. The molecule has 0 saturated carbocycles. The summed E-state index contributed by atoms with van der Waals surface area (Å²) in [5, 5.41) is 6.36. The molecule has 0 radical (unpaired) electrons. The fraction of sp³-hybridized carbons (Fsp3) is 0.600. The molecule has 110 valence electrons. The van der Waals surface area contributed by atoms with E-state index in [0.29, 0.717) is 6.04 Å². The number of carbonyl (C=O) groups is 1. The lowest BCUT2D eigenvalue weighted by molar-refractivity contribution is -0.119. The molecule has 5 heteroatoms. The molecule has 2 rings (SSSR count). The highest BCUT2D eigenvalue weighted by Crippen LogP contribution is 2.22. The Hall–Kier alpha value is -1.78. The third-order valence-electron chi connectivity index (χ3n) is 3.57. The van der Waals surface area contributed by atoms with Gasteiger partial charge in [0.05, 0.1) is 23.8 Å². The molecule has 0 aliphatic carbocycles. The molecule has 1 aliphatic rings. The first-order valence-corrected chi connectivity index (χ1v) is 7.40. The third kappa shape index (κ3) is 4.11. The highest BCUT2D eigenvalue weighted by atomic mass is 16.1. The van der Waals surface area contributed by atoms with Crippen LogP contribution in [-0.4, -0.2) is 36.6 Å².